The molecule has 0 spiro atoms. The van der Waals surface area contributed by atoms with Gasteiger partial charge in [-0.3, -0.25) is 0 Å². The summed E-state index contributed by atoms with van der Waals surface area (Å²) in [5, 5.41) is 0. The topological polar surface area (TPSA) is 17.8 Å². The van der Waals surface area contributed by atoms with Crippen LogP contribution in [-0.4, -0.2) is 9.55 Å². The highest BCUT2D eigenvalue weighted by Crippen LogP contribution is 2.28. The van der Waals surface area contributed by atoms with Crippen molar-refractivity contribution in [1.29, 1.82) is 0 Å². The molecule has 3 heteroatoms. The maximum absolute atomic E-state index is 13.8. The van der Waals surface area contributed by atoms with Crippen LogP contribution in [0.3, 0.4) is 0 Å². The minimum atomic E-state index is -0.195. The van der Waals surface area contributed by atoms with Gasteiger partial charge in [-0.1, -0.05) is 19.1 Å². The predicted octanol–water partition coefficient (Wildman–Crippen LogP) is 3.27. The van der Waals surface area contributed by atoms with Gasteiger partial charge >= 0.3 is 0 Å². The first kappa shape index (κ1) is 10.5. The highest BCUT2D eigenvalue weighted by molar-refractivity contribution is 5.57. The van der Waals surface area contributed by atoms with Crippen molar-refractivity contribution in [2.24, 2.45) is 5.92 Å². The number of hydrogen-bond acceptors (Lipinski definition) is 1. The molecule has 0 radical (unpaired) electrons. The van der Waals surface area contributed by atoms with Gasteiger partial charge in [-0.2, -0.15) is 0 Å². The van der Waals surface area contributed by atoms with Gasteiger partial charge in [0.25, 0.3) is 0 Å². The standard InChI is InChI=1S/C14H15FN2/c1-10-6-7-11-8-16-14(17(11)9-10)12-4-2-3-5-13(12)15/h2-5,8,10H,6-7,9H2,1H3. The van der Waals surface area contributed by atoms with Gasteiger partial charge < -0.3 is 4.57 Å². The maximum atomic E-state index is 13.8. The molecular weight excluding hydrogens is 215 g/mol. The van der Waals surface area contributed by atoms with Gasteiger partial charge in [0.15, 0.2) is 0 Å². The summed E-state index contributed by atoms with van der Waals surface area (Å²) in [4.78, 5) is 4.39. The number of aromatic nitrogens is 2. The molecule has 1 unspecified atom stereocenters. The number of benzene rings is 1. The molecule has 3 rings (SSSR count). The van der Waals surface area contributed by atoms with Crippen molar-refractivity contribution in [2.45, 2.75) is 26.3 Å². The van der Waals surface area contributed by atoms with Gasteiger partial charge in [-0.25, -0.2) is 9.37 Å². The Hall–Kier alpha value is -1.64. The van der Waals surface area contributed by atoms with Crippen molar-refractivity contribution < 1.29 is 4.39 Å². The molecule has 1 aromatic carbocycles. The molecule has 2 nitrogen and oxygen atoms in total. The van der Waals surface area contributed by atoms with E-state index in [4.69, 9.17) is 0 Å². The van der Waals surface area contributed by atoms with Crippen LogP contribution in [0.25, 0.3) is 11.4 Å². The Labute approximate surface area is 100 Å². The normalized spacial score (nSPS) is 19.1. The summed E-state index contributed by atoms with van der Waals surface area (Å²) in [7, 11) is 0. The van der Waals surface area contributed by atoms with Crippen LogP contribution in [0.5, 0.6) is 0 Å². The summed E-state index contributed by atoms with van der Waals surface area (Å²) >= 11 is 0. The average Bonchev–Trinajstić information content (AvgIpc) is 2.72. The minimum Gasteiger partial charge on any atom is -0.328 e. The second kappa shape index (κ2) is 3.99. The highest BCUT2D eigenvalue weighted by atomic mass is 19.1. The smallest absolute Gasteiger partial charge is 0.143 e. The lowest BCUT2D eigenvalue weighted by Crippen LogP contribution is -2.18. The fraction of sp³-hybridized carbons (Fsp3) is 0.357. The molecule has 88 valence electrons. The third-order valence-electron chi connectivity index (χ3n) is 3.44. The molecule has 2 aromatic rings. The van der Waals surface area contributed by atoms with E-state index >= 15 is 0 Å². The van der Waals surface area contributed by atoms with Gasteiger partial charge in [0.1, 0.15) is 11.6 Å². The molecule has 0 amide bonds. The van der Waals surface area contributed by atoms with E-state index in [2.05, 4.69) is 16.5 Å². The fourth-order valence-corrected chi connectivity index (χ4v) is 2.47. The van der Waals surface area contributed by atoms with E-state index in [0.29, 0.717) is 11.5 Å². The van der Waals surface area contributed by atoms with Crippen molar-refractivity contribution in [3.05, 3.63) is 42.0 Å². The fourth-order valence-electron chi connectivity index (χ4n) is 2.47. The van der Waals surface area contributed by atoms with Crippen LogP contribution in [0.4, 0.5) is 4.39 Å². The number of nitrogens with zero attached hydrogens (tertiary/aromatic N) is 2. The Balaban J connectivity index is 2.11. The number of aryl methyl sites for hydroxylation is 1. The Morgan fingerprint density at radius 1 is 1.35 bits per heavy atom. The van der Waals surface area contributed by atoms with Crippen LogP contribution < -0.4 is 0 Å². The van der Waals surface area contributed by atoms with E-state index in [1.807, 2.05) is 12.3 Å². The van der Waals surface area contributed by atoms with E-state index in [9.17, 15) is 4.39 Å². The first-order chi connectivity index (χ1) is 8.25. The molecule has 1 atom stereocenters. The molecule has 1 aliphatic rings. The van der Waals surface area contributed by atoms with Crippen molar-refractivity contribution in [2.75, 3.05) is 0 Å². The number of imidazole rings is 1. The maximum Gasteiger partial charge on any atom is 0.143 e. The number of rotatable bonds is 1. The van der Waals surface area contributed by atoms with Gasteiger partial charge in [0.2, 0.25) is 0 Å². The van der Waals surface area contributed by atoms with E-state index in [-0.39, 0.29) is 5.82 Å². The Bertz CT molecular complexity index is 545. The summed E-state index contributed by atoms with van der Waals surface area (Å²) in [5.74, 6) is 1.21. The average molecular weight is 230 g/mol. The van der Waals surface area contributed by atoms with Crippen LogP contribution in [0.1, 0.15) is 19.0 Å². The van der Waals surface area contributed by atoms with E-state index in [1.54, 1.807) is 12.1 Å². The highest BCUT2D eigenvalue weighted by Gasteiger charge is 2.20. The zero-order valence-electron chi connectivity index (χ0n) is 9.86. The lowest BCUT2D eigenvalue weighted by atomic mass is 10.00. The van der Waals surface area contributed by atoms with E-state index < -0.39 is 0 Å². The molecule has 0 aliphatic carbocycles. The molecule has 0 bridgehead atoms. The lowest BCUT2D eigenvalue weighted by molar-refractivity contribution is 0.401. The van der Waals surface area contributed by atoms with E-state index in [0.717, 1.165) is 18.8 Å². The number of fused-ring (bicyclic) bond motifs is 1. The van der Waals surface area contributed by atoms with Gasteiger partial charge in [-0.05, 0) is 30.9 Å². The zero-order chi connectivity index (χ0) is 11.8. The van der Waals surface area contributed by atoms with Crippen molar-refractivity contribution in [3.8, 4) is 11.4 Å². The minimum absolute atomic E-state index is 0.195. The van der Waals surface area contributed by atoms with Crippen molar-refractivity contribution in [1.82, 2.24) is 9.55 Å². The summed E-state index contributed by atoms with van der Waals surface area (Å²) in [5.41, 5.74) is 1.83. The third-order valence-corrected chi connectivity index (χ3v) is 3.44. The molecule has 2 heterocycles. The Morgan fingerprint density at radius 3 is 3.00 bits per heavy atom. The molecular formula is C14H15FN2. The monoisotopic (exact) mass is 230 g/mol. The summed E-state index contributed by atoms with van der Waals surface area (Å²) in [6.07, 6.45) is 4.12. The van der Waals surface area contributed by atoms with Gasteiger partial charge in [0.05, 0.1) is 5.56 Å². The van der Waals surface area contributed by atoms with Crippen molar-refractivity contribution in [3.63, 3.8) is 0 Å². The zero-order valence-corrected chi connectivity index (χ0v) is 9.86. The molecule has 0 N–H and O–H groups in total. The summed E-state index contributed by atoms with van der Waals surface area (Å²) in [6, 6.07) is 6.85. The van der Waals surface area contributed by atoms with Crippen LogP contribution >= 0.6 is 0 Å². The number of hydrogen-bond donors (Lipinski definition) is 0. The second-order valence-corrected chi connectivity index (χ2v) is 4.81. The summed E-state index contributed by atoms with van der Waals surface area (Å²) < 4.78 is 15.9. The predicted molar refractivity (Wildman–Crippen MR) is 65.1 cm³/mol. The van der Waals surface area contributed by atoms with Crippen LogP contribution in [-0.2, 0) is 13.0 Å². The molecule has 17 heavy (non-hydrogen) atoms. The summed E-state index contributed by atoms with van der Waals surface area (Å²) in [6.45, 7) is 3.17. The first-order valence-electron chi connectivity index (χ1n) is 6.05. The van der Waals surface area contributed by atoms with Crippen LogP contribution in [0, 0.1) is 11.7 Å². The molecule has 1 aliphatic heterocycles. The molecule has 0 fully saturated rings. The van der Waals surface area contributed by atoms with Crippen molar-refractivity contribution >= 4 is 0 Å². The lowest BCUT2D eigenvalue weighted by Gasteiger charge is -2.22. The third kappa shape index (κ3) is 1.75. The van der Waals surface area contributed by atoms with E-state index in [1.165, 1.54) is 18.2 Å². The SMILES string of the molecule is CC1CCc2cnc(-c3ccccc3F)n2C1. The molecule has 0 saturated carbocycles. The number of halogens is 1. The molecule has 0 saturated heterocycles. The van der Waals surface area contributed by atoms with Crippen LogP contribution in [0.15, 0.2) is 30.5 Å². The van der Waals surface area contributed by atoms with Gasteiger partial charge in [0, 0.05) is 18.4 Å². The van der Waals surface area contributed by atoms with Gasteiger partial charge in [-0.15, -0.1) is 0 Å². The quantitative estimate of drug-likeness (QED) is 0.735. The second-order valence-electron chi connectivity index (χ2n) is 4.81. The Kier molecular flexibility index (Phi) is 2.46. The Morgan fingerprint density at radius 2 is 2.18 bits per heavy atom. The van der Waals surface area contributed by atoms with Crippen LogP contribution in [0.2, 0.25) is 0 Å². The molecule has 1 aromatic heterocycles. The first-order valence-corrected chi connectivity index (χ1v) is 6.05. The largest absolute Gasteiger partial charge is 0.328 e.